The monoisotopic (exact) mass is 311 g/mol. The maximum Gasteiger partial charge on any atom is 0.124 e. The van der Waals surface area contributed by atoms with Gasteiger partial charge in [0.15, 0.2) is 0 Å². The van der Waals surface area contributed by atoms with Gasteiger partial charge in [0.05, 0.1) is 0 Å². The second kappa shape index (κ2) is 5.89. The van der Waals surface area contributed by atoms with Gasteiger partial charge in [-0.1, -0.05) is 45.4 Å². The van der Waals surface area contributed by atoms with Crippen molar-refractivity contribution in [3.05, 3.63) is 34.6 Å². The number of hydrogen-bond donors (Lipinski definition) is 1. The van der Waals surface area contributed by atoms with E-state index in [4.69, 9.17) is 11.6 Å². The van der Waals surface area contributed by atoms with Gasteiger partial charge in [0.2, 0.25) is 0 Å². The van der Waals surface area contributed by atoms with Crippen LogP contribution in [0.1, 0.15) is 65.5 Å². The molecule has 0 saturated heterocycles. The summed E-state index contributed by atoms with van der Waals surface area (Å²) in [4.78, 5) is 0. The van der Waals surface area contributed by atoms with Crippen LogP contribution in [0.15, 0.2) is 18.2 Å². The summed E-state index contributed by atoms with van der Waals surface area (Å²) in [6.07, 6.45) is 3.59. The van der Waals surface area contributed by atoms with Crippen LogP contribution >= 0.6 is 11.6 Å². The van der Waals surface area contributed by atoms with Crippen LogP contribution in [0.25, 0.3) is 0 Å². The Hall–Kier alpha value is -0.600. The average Bonchev–Trinajstić information content (AvgIpc) is 2.23. The van der Waals surface area contributed by atoms with E-state index < -0.39 is 0 Å². The lowest BCUT2D eigenvalue weighted by atomic mass is 9.63. The summed E-state index contributed by atoms with van der Waals surface area (Å²) >= 11 is 6.17. The summed E-state index contributed by atoms with van der Waals surface area (Å²) in [5, 5.41) is 4.20. The van der Waals surface area contributed by atoms with Crippen LogP contribution in [0.3, 0.4) is 0 Å². The Balaban J connectivity index is 2.10. The van der Waals surface area contributed by atoms with E-state index in [-0.39, 0.29) is 11.9 Å². The van der Waals surface area contributed by atoms with E-state index in [1.54, 1.807) is 6.07 Å². The number of benzene rings is 1. The lowest BCUT2D eigenvalue weighted by Crippen LogP contribution is -2.44. The predicted molar refractivity (Wildman–Crippen MR) is 88.2 cm³/mol. The van der Waals surface area contributed by atoms with Crippen molar-refractivity contribution in [3.8, 4) is 0 Å². The topological polar surface area (TPSA) is 12.0 Å². The fourth-order valence-electron chi connectivity index (χ4n) is 4.26. The zero-order valence-corrected chi connectivity index (χ0v) is 14.5. The van der Waals surface area contributed by atoms with Crippen LogP contribution in [-0.2, 0) is 0 Å². The molecule has 1 fully saturated rings. The molecule has 21 heavy (non-hydrogen) atoms. The molecule has 1 atom stereocenters. The highest BCUT2D eigenvalue weighted by molar-refractivity contribution is 6.31. The Kier molecular flexibility index (Phi) is 4.70. The Bertz CT molecular complexity index is 494. The molecular weight excluding hydrogens is 285 g/mol. The third kappa shape index (κ3) is 4.43. The molecular formula is C18H27ClFN. The Labute approximate surface area is 133 Å². The van der Waals surface area contributed by atoms with Crippen molar-refractivity contribution in [2.45, 2.75) is 66.0 Å². The Morgan fingerprint density at radius 1 is 1.19 bits per heavy atom. The highest BCUT2D eigenvalue weighted by Gasteiger charge is 2.38. The molecule has 2 rings (SSSR count). The first-order valence-electron chi connectivity index (χ1n) is 7.79. The van der Waals surface area contributed by atoms with Gasteiger partial charge in [0.25, 0.3) is 0 Å². The molecule has 118 valence electrons. The van der Waals surface area contributed by atoms with Gasteiger partial charge in [0.1, 0.15) is 5.82 Å². The number of rotatable bonds is 3. The van der Waals surface area contributed by atoms with Crippen molar-refractivity contribution < 1.29 is 4.39 Å². The lowest BCUT2D eigenvalue weighted by molar-refractivity contribution is 0.0811. The lowest BCUT2D eigenvalue weighted by Gasteiger charge is -2.46. The SMILES string of the molecule is CC(NC1CC(C)(C)CC(C)(C)C1)c1ccc(F)cc1Cl. The van der Waals surface area contributed by atoms with Crippen LogP contribution in [0.5, 0.6) is 0 Å². The first kappa shape index (κ1) is 16.8. The highest BCUT2D eigenvalue weighted by Crippen LogP contribution is 2.46. The van der Waals surface area contributed by atoms with Crippen LogP contribution in [-0.4, -0.2) is 6.04 Å². The molecule has 1 aliphatic carbocycles. The fourth-order valence-corrected chi connectivity index (χ4v) is 4.59. The molecule has 1 unspecified atom stereocenters. The number of hydrogen-bond acceptors (Lipinski definition) is 1. The fraction of sp³-hybridized carbons (Fsp3) is 0.667. The molecule has 1 aromatic carbocycles. The van der Waals surface area contributed by atoms with Gasteiger partial charge in [-0.05, 0) is 54.7 Å². The molecule has 0 heterocycles. The van der Waals surface area contributed by atoms with Crippen LogP contribution < -0.4 is 5.32 Å². The van der Waals surface area contributed by atoms with Crippen molar-refractivity contribution in [1.82, 2.24) is 5.32 Å². The molecule has 1 aromatic rings. The summed E-state index contributed by atoms with van der Waals surface area (Å²) in [5.74, 6) is -0.282. The predicted octanol–water partition coefficient (Wildman–Crippen LogP) is 5.73. The summed E-state index contributed by atoms with van der Waals surface area (Å²) in [7, 11) is 0. The highest BCUT2D eigenvalue weighted by atomic mass is 35.5. The van der Waals surface area contributed by atoms with E-state index in [1.165, 1.54) is 31.4 Å². The number of nitrogens with one attached hydrogen (secondary N) is 1. The Morgan fingerprint density at radius 2 is 1.76 bits per heavy atom. The van der Waals surface area contributed by atoms with Crippen LogP contribution in [0.2, 0.25) is 5.02 Å². The second-order valence-electron chi connectivity index (χ2n) is 8.16. The standard InChI is InChI=1S/C18H27ClFN/c1-12(15-7-6-13(20)8-16(15)19)21-14-9-17(2,3)11-18(4,5)10-14/h6-8,12,14,21H,9-11H2,1-5H3. The summed E-state index contributed by atoms with van der Waals surface area (Å²) in [5.41, 5.74) is 1.68. The maximum absolute atomic E-state index is 13.2. The smallest absolute Gasteiger partial charge is 0.124 e. The molecule has 1 N–H and O–H groups in total. The molecule has 0 bridgehead atoms. The van der Waals surface area contributed by atoms with Gasteiger partial charge >= 0.3 is 0 Å². The molecule has 0 amide bonds. The van der Waals surface area contributed by atoms with Crippen molar-refractivity contribution >= 4 is 11.6 Å². The molecule has 3 heteroatoms. The largest absolute Gasteiger partial charge is 0.307 e. The van der Waals surface area contributed by atoms with Gasteiger partial charge in [0, 0.05) is 17.1 Å². The molecule has 1 saturated carbocycles. The van der Waals surface area contributed by atoms with E-state index in [0.29, 0.717) is 21.9 Å². The molecule has 0 radical (unpaired) electrons. The molecule has 0 aliphatic heterocycles. The van der Waals surface area contributed by atoms with Gasteiger partial charge in [-0.15, -0.1) is 0 Å². The van der Waals surface area contributed by atoms with E-state index in [0.717, 1.165) is 5.56 Å². The van der Waals surface area contributed by atoms with E-state index >= 15 is 0 Å². The zero-order chi connectivity index (χ0) is 15.8. The molecule has 0 aromatic heterocycles. The second-order valence-corrected chi connectivity index (χ2v) is 8.57. The van der Waals surface area contributed by atoms with Gasteiger partial charge < -0.3 is 5.32 Å². The average molecular weight is 312 g/mol. The summed E-state index contributed by atoms with van der Waals surface area (Å²) < 4.78 is 13.2. The molecule has 0 spiro atoms. The summed E-state index contributed by atoms with van der Waals surface area (Å²) in [6, 6.07) is 5.26. The third-order valence-electron chi connectivity index (χ3n) is 4.47. The quantitative estimate of drug-likeness (QED) is 0.751. The van der Waals surface area contributed by atoms with Gasteiger partial charge in [-0.25, -0.2) is 4.39 Å². The first-order chi connectivity index (χ1) is 9.58. The van der Waals surface area contributed by atoms with E-state index in [9.17, 15) is 4.39 Å². The van der Waals surface area contributed by atoms with Crippen LogP contribution in [0.4, 0.5) is 4.39 Å². The van der Waals surface area contributed by atoms with E-state index in [2.05, 4.69) is 39.9 Å². The van der Waals surface area contributed by atoms with Crippen molar-refractivity contribution in [3.63, 3.8) is 0 Å². The first-order valence-corrected chi connectivity index (χ1v) is 8.17. The minimum Gasteiger partial charge on any atom is -0.307 e. The van der Waals surface area contributed by atoms with Gasteiger partial charge in [-0.3, -0.25) is 0 Å². The van der Waals surface area contributed by atoms with Crippen LogP contribution in [0, 0.1) is 16.6 Å². The van der Waals surface area contributed by atoms with E-state index in [1.807, 2.05) is 0 Å². The van der Waals surface area contributed by atoms with Gasteiger partial charge in [-0.2, -0.15) is 0 Å². The molecule has 1 nitrogen and oxygen atoms in total. The minimum atomic E-state index is -0.282. The van der Waals surface area contributed by atoms with Crippen molar-refractivity contribution in [2.75, 3.05) is 0 Å². The number of halogens is 2. The normalized spacial score (nSPS) is 23.0. The van der Waals surface area contributed by atoms with Crippen molar-refractivity contribution in [1.29, 1.82) is 0 Å². The molecule has 1 aliphatic rings. The summed E-state index contributed by atoms with van der Waals surface area (Å²) in [6.45, 7) is 11.5. The minimum absolute atomic E-state index is 0.132. The zero-order valence-electron chi connectivity index (χ0n) is 13.8. The Morgan fingerprint density at radius 3 is 2.29 bits per heavy atom. The third-order valence-corrected chi connectivity index (χ3v) is 4.80. The van der Waals surface area contributed by atoms with Crippen molar-refractivity contribution in [2.24, 2.45) is 10.8 Å². The maximum atomic E-state index is 13.2.